The van der Waals surface area contributed by atoms with E-state index in [2.05, 4.69) is 33.4 Å². The second-order valence-electron chi connectivity index (χ2n) is 5.51. The van der Waals surface area contributed by atoms with Gasteiger partial charge in [-0.2, -0.15) is 4.98 Å². The van der Waals surface area contributed by atoms with Crippen LogP contribution >= 0.6 is 11.3 Å². The highest BCUT2D eigenvalue weighted by atomic mass is 32.1. The molecule has 4 heterocycles. The Morgan fingerprint density at radius 2 is 2.43 bits per heavy atom. The van der Waals surface area contributed by atoms with Crippen molar-refractivity contribution < 1.29 is 4.52 Å². The molecule has 0 saturated carbocycles. The molecule has 3 aromatic heterocycles. The van der Waals surface area contributed by atoms with Gasteiger partial charge in [0.2, 0.25) is 11.7 Å². The number of aromatic nitrogens is 3. The lowest BCUT2D eigenvalue weighted by Gasteiger charge is -2.20. The minimum absolute atomic E-state index is 0.00822. The standard InChI is InChI=1S/C15H16N4OS/c1-2-15(4-5-16-9-15)14-18-13(19-20-14)10-7-12-11(17-8-10)3-6-21-12/h3,6-8,16H,2,4-5,9H2,1H3. The van der Waals surface area contributed by atoms with Gasteiger partial charge in [-0.3, -0.25) is 4.98 Å². The zero-order valence-corrected chi connectivity index (χ0v) is 12.6. The van der Waals surface area contributed by atoms with E-state index >= 15 is 0 Å². The number of fused-ring (bicyclic) bond motifs is 1. The number of hydrogen-bond donors (Lipinski definition) is 1. The molecular formula is C15H16N4OS. The molecule has 3 aromatic rings. The Balaban J connectivity index is 1.73. The van der Waals surface area contributed by atoms with Gasteiger partial charge in [0.1, 0.15) is 0 Å². The highest BCUT2D eigenvalue weighted by molar-refractivity contribution is 7.17. The van der Waals surface area contributed by atoms with Gasteiger partial charge in [0, 0.05) is 18.3 Å². The predicted octanol–water partition coefficient (Wildman–Crippen LogP) is 2.99. The lowest BCUT2D eigenvalue weighted by molar-refractivity contribution is 0.285. The minimum atomic E-state index is -0.00822. The van der Waals surface area contributed by atoms with Crippen LogP contribution in [0.15, 0.2) is 28.2 Å². The number of thiophene rings is 1. The molecule has 0 spiro atoms. The van der Waals surface area contributed by atoms with Gasteiger partial charge < -0.3 is 9.84 Å². The average Bonchev–Trinajstić information content (AvgIpc) is 3.25. The summed E-state index contributed by atoms with van der Waals surface area (Å²) in [5.41, 5.74) is 1.92. The number of rotatable bonds is 3. The molecule has 108 valence electrons. The van der Waals surface area contributed by atoms with Crippen molar-refractivity contribution >= 4 is 21.6 Å². The average molecular weight is 300 g/mol. The predicted molar refractivity (Wildman–Crippen MR) is 82.4 cm³/mol. The molecule has 0 amide bonds. The molecule has 1 unspecified atom stereocenters. The lowest BCUT2D eigenvalue weighted by Crippen LogP contribution is -2.28. The van der Waals surface area contributed by atoms with Crippen molar-refractivity contribution in [3.8, 4) is 11.4 Å². The van der Waals surface area contributed by atoms with Crippen molar-refractivity contribution in [3.05, 3.63) is 29.6 Å². The molecule has 4 rings (SSSR count). The van der Waals surface area contributed by atoms with Crippen LogP contribution in [-0.4, -0.2) is 28.2 Å². The van der Waals surface area contributed by atoms with E-state index in [1.807, 2.05) is 17.6 Å². The summed E-state index contributed by atoms with van der Waals surface area (Å²) in [6.07, 6.45) is 3.87. The van der Waals surface area contributed by atoms with Crippen LogP contribution in [-0.2, 0) is 5.41 Å². The smallest absolute Gasteiger partial charge is 0.234 e. The molecule has 1 aliphatic rings. The first-order valence-corrected chi connectivity index (χ1v) is 8.07. The van der Waals surface area contributed by atoms with E-state index in [1.165, 1.54) is 0 Å². The summed E-state index contributed by atoms with van der Waals surface area (Å²) in [5, 5.41) is 9.60. The number of nitrogens with one attached hydrogen (secondary N) is 1. The zero-order valence-electron chi connectivity index (χ0n) is 11.8. The molecule has 21 heavy (non-hydrogen) atoms. The zero-order chi connectivity index (χ0) is 14.3. The summed E-state index contributed by atoms with van der Waals surface area (Å²) in [6, 6.07) is 4.09. The van der Waals surface area contributed by atoms with Crippen molar-refractivity contribution in [1.29, 1.82) is 0 Å². The molecule has 0 aliphatic carbocycles. The lowest BCUT2D eigenvalue weighted by atomic mass is 9.84. The van der Waals surface area contributed by atoms with Crippen LogP contribution in [0.4, 0.5) is 0 Å². The van der Waals surface area contributed by atoms with Crippen molar-refractivity contribution in [2.45, 2.75) is 25.2 Å². The minimum Gasteiger partial charge on any atom is -0.338 e. The maximum Gasteiger partial charge on any atom is 0.234 e. The van der Waals surface area contributed by atoms with E-state index in [4.69, 9.17) is 4.52 Å². The van der Waals surface area contributed by atoms with E-state index in [1.54, 1.807) is 11.3 Å². The summed E-state index contributed by atoms with van der Waals surface area (Å²) < 4.78 is 6.71. The van der Waals surface area contributed by atoms with Crippen LogP contribution in [0, 0.1) is 0 Å². The van der Waals surface area contributed by atoms with Gasteiger partial charge in [-0.25, -0.2) is 0 Å². The normalized spacial score (nSPS) is 22.1. The van der Waals surface area contributed by atoms with Gasteiger partial charge in [0.25, 0.3) is 0 Å². The van der Waals surface area contributed by atoms with Crippen LogP contribution in [0.1, 0.15) is 25.7 Å². The van der Waals surface area contributed by atoms with Crippen LogP contribution in [0.3, 0.4) is 0 Å². The molecular weight excluding hydrogens is 284 g/mol. The maximum absolute atomic E-state index is 5.57. The van der Waals surface area contributed by atoms with Crippen molar-refractivity contribution in [2.75, 3.05) is 13.1 Å². The van der Waals surface area contributed by atoms with Crippen LogP contribution in [0.5, 0.6) is 0 Å². The van der Waals surface area contributed by atoms with Crippen LogP contribution in [0.25, 0.3) is 21.6 Å². The van der Waals surface area contributed by atoms with Gasteiger partial charge in [0.05, 0.1) is 15.6 Å². The summed E-state index contributed by atoms with van der Waals surface area (Å²) in [4.78, 5) is 9.08. The van der Waals surface area contributed by atoms with Gasteiger partial charge in [-0.05, 0) is 36.9 Å². The van der Waals surface area contributed by atoms with E-state index in [0.717, 1.165) is 47.6 Å². The Kier molecular flexibility index (Phi) is 3.01. The fraction of sp³-hybridized carbons (Fsp3) is 0.400. The van der Waals surface area contributed by atoms with E-state index in [9.17, 15) is 0 Å². The summed E-state index contributed by atoms with van der Waals surface area (Å²) in [6.45, 7) is 4.09. The van der Waals surface area contributed by atoms with Gasteiger partial charge in [0.15, 0.2) is 0 Å². The van der Waals surface area contributed by atoms with Crippen molar-refractivity contribution in [1.82, 2.24) is 20.4 Å². The van der Waals surface area contributed by atoms with Gasteiger partial charge in [-0.15, -0.1) is 11.3 Å². The summed E-state index contributed by atoms with van der Waals surface area (Å²) in [7, 11) is 0. The third-order valence-electron chi connectivity index (χ3n) is 4.36. The Morgan fingerprint density at radius 1 is 1.48 bits per heavy atom. The first-order chi connectivity index (χ1) is 10.3. The molecule has 5 nitrogen and oxygen atoms in total. The highest BCUT2D eigenvalue weighted by Crippen LogP contribution is 2.34. The quantitative estimate of drug-likeness (QED) is 0.805. The topological polar surface area (TPSA) is 63.8 Å². The van der Waals surface area contributed by atoms with Crippen LogP contribution in [0.2, 0.25) is 0 Å². The Morgan fingerprint density at radius 3 is 3.24 bits per heavy atom. The Labute approximate surface area is 126 Å². The monoisotopic (exact) mass is 300 g/mol. The van der Waals surface area contributed by atoms with Crippen molar-refractivity contribution in [3.63, 3.8) is 0 Å². The van der Waals surface area contributed by atoms with Crippen molar-refractivity contribution in [2.24, 2.45) is 0 Å². The number of pyridine rings is 1. The molecule has 1 fully saturated rings. The molecule has 0 radical (unpaired) electrons. The second-order valence-corrected chi connectivity index (χ2v) is 6.46. The fourth-order valence-corrected chi connectivity index (χ4v) is 3.68. The maximum atomic E-state index is 5.57. The molecule has 1 saturated heterocycles. The molecule has 6 heteroatoms. The van der Waals surface area contributed by atoms with Crippen LogP contribution < -0.4 is 5.32 Å². The molecule has 0 aromatic carbocycles. The Bertz CT molecular complexity index is 773. The Hall–Kier alpha value is -1.79. The van der Waals surface area contributed by atoms with Gasteiger partial charge >= 0.3 is 0 Å². The number of hydrogen-bond acceptors (Lipinski definition) is 6. The third kappa shape index (κ3) is 2.06. The second kappa shape index (κ2) is 4.89. The van der Waals surface area contributed by atoms with E-state index < -0.39 is 0 Å². The fourth-order valence-electron chi connectivity index (χ4n) is 2.90. The molecule has 0 bridgehead atoms. The third-order valence-corrected chi connectivity index (χ3v) is 5.21. The number of nitrogens with zero attached hydrogens (tertiary/aromatic N) is 3. The first kappa shape index (κ1) is 12.9. The molecule has 1 aliphatic heterocycles. The molecule has 1 N–H and O–H groups in total. The summed E-state index contributed by atoms with van der Waals surface area (Å²) >= 11 is 1.67. The van der Waals surface area contributed by atoms with E-state index in [-0.39, 0.29) is 5.41 Å². The SMILES string of the molecule is CCC1(c2nc(-c3cnc4ccsc4c3)no2)CCNC1. The molecule has 1 atom stereocenters. The van der Waals surface area contributed by atoms with E-state index in [0.29, 0.717) is 5.82 Å². The highest BCUT2D eigenvalue weighted by Gasteiger charge is 2.39. The van der Waals surface area contributed by atoms with Gasteiger partial charge in [-0.1, -0.05) is 12.1 Å². The first-order valence-electron chi connectivity index (χ1n) is 7.19. The summed E-state index contributed by atoms with van der Waals surface area (Å²) in [5.74, 6) is 1.38. The largest absolute Gasteiger partial charge is 0.338 e.